The summed E-state index contributed by atoms with van der Waals surface area (Å²) in [7, 11) is -3.16. The summed E-state index contributed by atoms with van der Waals surface area (Å²) in [5, 5.41) is 2.60. The van der Waals surface area contributed by atoms with Crippen LogP contribution in [0, 0.1) is 0 Å². The second kappa shape index (κ2) is 6.02. The van der Waals surface area contributed by atoms with Gasteiger partial charge in [-0.1, -0.05) is 19.1 Å². The summed E-state index contributed by atoms with van der Waals surface area (Å²) >= 11 is 5.33. The number of halogens is 1. The van der Waals surface area contributed by atoms with Gasteiger partial charge in [-0.05, 0) is 17.7 Å². The smallest absolute Gasteiger partial charge is 0.235 e. The Morgan fingerprint density at radius 2 is 1.88 bits per heavy atom. The van der Waals surface area contributed by atoms with E-state index in [0.717, 1.165) is 5.56 Å². The summed E-state index contributed by atoms with van der Waals surface area (Å²) in [4.78, 5) is 11.2. The minimum absolute atomic E-state index is 0.0787. The predicted octanol–water partition coefficient (Wildman–Crippen LogP) is 1.34. The fourth-order valence-electron chi connectivity index (χ4n) is 1.23. The minimum Gasteiger partial charge on any atom is -0.351 e. The zero-order chi connectivity index (χ0) is 12.9. The highest BCUT2D eigenvalue weighted by atomic mass is 35.5. The number of sulfone groups is 1. The van der Waals surface area contributed by atoms with Crippen molar-refractivity contribution in [2.24, 2.45) is 0 Å². The van der Waals surface area contributed by atoms with Crippen molar-refractivity contribution in [2.45, 2.75) is 18.4 Å². The van der Waals surface area contributed by atoms with Crippen LogP contribution in [-0.4, -0.2) is 26.0 Å². The zero-order valence-corrected chi connectivity index (χ0v) is 11.0. The van der Waals surface area contributed by atoms with Crippen molar-refractivity contribution in [1.29, 1.82) is 0 Å². The highest BCUT2D eigenvalue weighted by Gasteiger charge is 2.10. The molecule has 0 unspecified atom stereocenters. The van der Waals surface area contributed by atoms with Crippen LogP contribution in [0.25, 0.3) is 0 Å². The summed E-state index contributed by atoms with van der Waals surface area (Å²) in [5.74, 6) is -0.255. The van der Waals surface area contributed by atoms with Crippen molar-refractivity contribution >= 4 is 27.3 Å². The van der Waals surface area contributed by atoms with Gasteiger partial charge in [-0.15, -0.1) is 11.6 Å². The maximum Gasteiger partial charge on any atom is 0.235 e. The number of hydrogen-bond acceptors (Lipinski definition) is 3. The SMILES string of the molecule is CCS(=O)(=O)c1ccc(CNC(=O)CCl)cc1. The van der Waals surface area contributed by atoms with Crippen LogP contribution in [0.2, 0.25) is 0 Å². The van der Waals surface area contributed by atoms with Gasteiger partial charge in [0.1, 0.15) is 5.88 Å². The first-order valence-corrected chi connectivity index (χ1v) is 7.32. The van der Waals surface area contributed by atoms with E-state index in [9.17, 15) is 13.2 Å². The van der Waals surface area contributed by atoms with Crippen LogP contribution in [0.1, 0.15) is 12.5 Å². The van der Waals surface area contributed by atoms with Gasteiger partial charge >= 0.3 is 0 Å². The average Bonchev–Trinajstić information content (AvgIpc) is 2.36. The molecule has 1 N–H and O–H groups in total. The molecule has 0 heterocycles. The third-order valence-corrected chi connectivity index (χ3v) is 4.27. The van der Waals surface area contributed by atoms with Gasteiger partial charge in [0.2, 0.25) is 5.91 Å². The highest BCUT2D eigenvalue weighted by Crippen LogP contribution is 2.12. The molecule has 17 heavy (non-hydrogen) atoms. The summed E-state index contributed by atoms with van der Waals surface area (Å²) in [6.07, 6.45) is 0. The second-order valence-corrected chi connectivity index (χ2v) is 6.00. The Kier molecular flexibility index (Phi) is 4.96. The molecule has 0 spiro atoms. The third kappa shape index (κ3) is 4.02. The number of hydrogen-bond donors (Lipinski definition) is 1. The number of rotatable bonds is 5. The standard InChI is InChI=1S/C11H14ClNO3S/c1-2-17(15,16)10-5-3-9(4-6-10)8-13-11(14)7-12/h3-6H,2,7-8H2,1H3,(H,13,14). The van der Waals surface area contributed by atoms with Crippen molar-refractivity contribution in [3.8, 4) is 0 Å². The summed E-state index contributed by atoms with van der Waals surface area (Å²) in [6, 6.07) is 6.44. The first-order chi connectivity index (χ1) is 7.99. The van der Waals surface area contributed by atoms with E-state index < -0.39 is 9.84 Å². The number of carbonyl (C=O) groups is 1. The van der Waals surface area contributed by atoms with Gasteiger partial charge < -0.3 is 5.32 Å². The molecule has 0 atom stereocenters. The van der Waals surface area contributed by atoms with E-state index in [1.165, 1.54) is 0 Å². The Hall–Kier alpha value is -1.07. The molecule has 0 aliphatic heterocycles. The van der Waals surface area contributed by atoms with Gasteiger partial charge in [-0.2, -0.15) is 0 Å². The molecular weight excluding hydrogens is 262 g/mol. The third-order valence-electron chi connectivity index (χ3n) is 2.27. The van der Waals surface area contributed by atoms with Crippen LogP contribution in [0.4, 0.5) is 0 Å². The first-order valence-electron chi connectivity index (χ1n) is 5.14. The summed E-state index contributed by atoms with van der Waals surface area (Å²) in [6.45, 7) is 1.95. The molecule has 94 valence electrons. The van der Waals surface area contributed by atoms with Crippen molar-refractivity contribution in [3.63, 3.8) is 0 Å². The molecule has 0 aliphatic carbocycles. The highest BCUT2D eigenvalue weighted by molar-refractivity contribution is 7.91. The fourth-order valence-corrected chi connectivity index (χ4v) is 2.21. The summed E-state index contributed by atoms with van der Waals surface area (Å²) < 4.78 is 23.1. The van der Waals surface area contributed by atoms with E-state index in [2.05, 4.69) is 5.32 Å². The molecule has 0 radical (unpaired) electrons. The van der Waals surface area contributed by atoms with E-state index >= 15 is 0 Å². The Bertz CT molecular complexity index is 482. The van der Waals surface area contributed by atoms with Crippen LogP contribution in [0.15, 0.2) is 29.2 Å². The van der Waals surface area contributed by atoms with Crippen molar-refractivity contribution in [1.82, 2.24) is 5.32 Å². The molecule has 1 aromatic rings. The van der Waals surface area contributed by atoms with E-state index in [-0.39, 0.29) is 17.5 Å². The molecular formula is C11H14ClNO3S. The molecule has 0 aliphatic rings. The molecule has 0 bridgehead atoms. The molecule has 0 aromatic heterocycles. The quantitative estimate of drug-likeness (QED) is 0.825. The fraction of sp³-hybridized carbons (Fsp3) is 0.364. The lowest BCUT2D eigenvalue weighted by Crippen LogP contribution is -2.23. The van der Waals surface area contributed by atoms with Crippen molar-refractivity contribution in [2.75, 3.05) is 11.6 Å². The number of alkyl halides is 1. The largest absolute Gasteiger partial charge is 0.351 e. The van der Waals surface area contributed by atoms with Gasteiger partial charge in [0.25, 0.3) is 0 Å². The maximum atomic E-state index is 11.5. The number of amides is 1. The Morgan fingerprint density at radius 3 is 2.35 bits per heavy atom. The number of carbonyl (C=O) groups excluding carboxylic acids is 1. The number of benzene rings is 1. The average molecular weight is 276 g/mol. The van der Waals surface area contributed by atoms with Crippen LogP contribution in [0.3, 0.4) is 0 Å². The van der Waals surface area contributed by atoms with Gasteiger partial charge in [0.15, 0.2) is 9.84 Å². The molecule has 1 rings (SSSR count). The lowest BCUT2D eigenvalue weighted by atomic mass is 10.2. The van der Waals surface area contributed by atoms with Gasteiger partial charge in [-0.3, -0.25) is 4.79 Å². The van der Waals surface area contributed by atoms with E-state index in [1.807, 2.05) is 0 Å². The summed E-state index contributed by atoms with van der Waals surface area (Å²) in [5.41, 5.74) is 0.832. The second-order valence-electron chi connectivity index (χ2n) is 3.46. The number of nitrogens with one attached hydrogen (secondary N) is 1. The Labute approximate surface area is 106 Å². The van der Waals surface area contributed by atoms with Crippen LogP contribution in [-0.2, 0) is 21.2 Å². The van der Waals surface area contributed by atoms with Gasteiger partial charge in [0.05, 0.1) is 10.6 Å². The Morgan fingerprint density at radius 1 is 1.29 bits per heavy atom. The van der Waals surface area contributed by atoms with Crippen LogP contribution < -0.4 is 5.32 Å². The first kappa shape index (κ1) is 14.0. The van der Waals surface area contributed by atoms with Crippen molar-refractivity contribution < 1.29 is 13.2 Å². The Balaban J connectivity index is 2.72. The van der Waals surface area contributed by atoms with Crippen LogP contribution in [0.5, 0.6) is 0 Å². The molecule has 0 fully saturated rings. The molecule has 4 nitrogen and oxygen atoms in total. The molecule has 1 amide bonds. The molecule has 6 heteroatoms. The van der Waals surface area contributed by atoms with E-state index in [1.54, 1.807) is 31.2 Å². The zero-order valence-electron chi connectivity index (χ0n) is 9.44. The minimum atomic E-state index is -3.16. The van der Waals surface area contributed by atoms with Gasteiger partial charge in [-0.25, -0.2) is 8.42 Å². The lowest BCUT2D eigenvalue weighted by Gasteiger charge is -2.05. The van der Waals surface area contributed by atoms with Crippen LogP contribution >= 0.6 is 11.6 Å². The van der Waals surface area contributed by atoms with Gasteiger partial charge in [0, 0.05) is 6.54 Å². The maximum absolute atomic E-state index is 11.5. The molecule has 1 aromatic carbocycles. The van der Waals surface area contributed by atoms with Crippen molar-refractivity contribution in [3.05, 3.63) is 29.8 Å². The van der Waals surface area contributed by atoms with E-state index in [0.29, 0.717) is 11.4 Å². The predicted molar refractivity (Wildman–Crippen MR) is 66.7 cm³/mol. The lowest BCUT2D eigenvalue weighted by molar-refractivity contribution is -0.118. The molecule has 0 saturated carbocycles. The normalized spacial score (nSPS) is 11.2. The monoisotopic (exact) mass is 275 g/mol. The molecule has 0 saturated heterocycles. The topological polar surface area (TPSA) is 63.2 Å². The van der Waals surface area contributed by atoms with E-state index in [4.69, 9.17) is 11.6 Å².